The Hall–Kier alpha value is -0.770. The Bertz CT molecular complexity index is 372. The van der Waals surface area contributed by atoms with Crippen molar-refractivity contribution in [2.75, 3.05) is 20.1 Å². The van der Waals surface area contributed by atoms with Crippen LogP contribution in [0.1, 0.15) is 12.5 Å². The van der Waals surface area contributed by atoms with E-state index in [9.17, 15) is 4.79 Å². The number of carbonyl (C=O) groups excluding carboxylic acids is 1. The summed E-state index contributed by atoms with van der Waals surface area (Å²) in [7, 11) is 1.84. The highest BCUT2D eigenvalue weighted by atomic mass is 35.5. The standard InChI is InChI=1S/C13H19ClN2O.ClH/c1-10(9-15-2)13(17)16-8-7-11-5-3-4-6-12(11)14;/h3-6,10,15H,7-9H2,1-2H3,(H,16,17);1H. The van der Waals surface area contributed by atoms with Crippen molar-refractivity contribution in [2.45, 2.75) is 13.3 Å². The van der Waals surface area contributed by atoms with E-state index in [1.807, 2.05) is 38.2 Å². The van der Waals surface area contributed by atoms with Gasteiger partial charge in [-0.1, -0.05) is 36.7 Å². The Labute approximate surface area is 120 Å². The van der Waals surface area contributed by atoms with E-state index in [-0.39, 0.29) is 24.2 Å². The van der Waals surface area contributed by atoms with E-state index in [4.69, 9.17) is 11.6 Å². The lowest BCUT2D eigenvalue weighted by molar-refractivity contribution is -0.124. The van der Waals surface area contributed by atoms with Crippen molar-refractivity contribution >= 4 is 29.9 Å². The summed E-state index contributed by atoms with van der Waals surface area (Å²) >= 11 is 6.03. The summed E-state index contributed by atoms with van der Waals surface area (Å²) in [6.45, 7) is 3.22. The van der Waals surface area contributed by atoms with E-state index in [1.165, 1.54) is 0 Å². The van der Waals surface area contributed by atoms with Gasteiger partial charge in [-0.15, -0.1) is 12.4 Å². The largest absolute Gasteiger partial charge is 0.355 e. The molecule has 0 saturated heterocycles. The normalized spacial score (nSPS) is 11.5. The average Bonchev–Trinajstić information content (AvgIpc) is 2.31. The van der Waals surface area contributed by atoms with Crippen LogP contribution >= 0.6 is 24.0 Å². The molecule has 0 aliphatic heterocycles. The molecule has 0 aliphatic carbocycles. The summed E-state index contributed by atoms with van der Waals surface area (Å²) in [6.07, 6.45) is 0.762. The quantitative estimate of drug-likeness (QED) is 0.844. The molecule has 3 nitrogen and oxygen atoms in total. The van der Waals surface area contributed by atoms with Gasteiger partial charge in [0, 0.05) is 24.0 Å². The molecule has 18 heavy (non-hydrogen) atoms. The summed E-state index contributed by atoms with van der Waals surface area (Å²) in [5.74, 6) is 0.0673. The van der Waals surface area contributed by atoms with Gasteiger partial charge >= 0.3 is 0 Å². The molecule has 0 heterocycles. The summed E-state index contributed by atoms with van der Waals surface area (Å²) in [6, 6.07) is 7.69. The van der Waals surface area contributed by atoms with E-state index in [1.54, 1.807) is 0 Å². The van der Waals surface area contributed by atoms with Crippen LogP contribution in [0.2, 0.25) is 5.02 Å². The van der Waals surface area contributed by atoms with E-state index >= 15 is 0 Å². The molecule has 1 rings (SSSR count). The Balaban J connectivity index is 0.00000289. The molecule has 2 N–H and O–H groups in total. The molecule has 0 saturated carbocycles. The maximum absolute atomic E-state index is 11.6. The molecule has 102 valence electrons. The molecule has 0 spiro atoms. The zero-order chi connectivity index (χ0) is 12.7. The number of halogens is 2. The summed E-state index contributed by atoms with van der Waals surface area (Å²) in [5, 5.41) is 6.64. The van der Waals surface area contributed by atoms with Gasteiger partial charge in [0.25, 0.3) is 0 Å². The Morgan fingerprint density at radius 1 is 1.39 bits per heavy atom. The van der Waals surface area contributed by atoms with E-state index in [2.05, 4.69) is 10.6 Å². The second kappa shape index (κ2) is 9.20. The minimum Gasteiger partial charge on any atom is -0.355 e. The van der Waals surface area contributed by atoms with Crippen molar-refractivity contribution in [1.82, 2.24) is 10.6 Å². The molecule has 1 aromatic carbocycles. The number of nitrogens with one attached hydrogen (secondary N) is 2. The van der Waals surface area contributed by atoms with Crippen LogP contribution in [0.4, 0.5) is 0 Å². The van der Waals surface area contributed by atoms with Crippen LogP contribution in [-0.4, -0.2) is 26.0 Å². The number of hydrogen-bond acceptors (Lipinski definition) is 2. The second-order valence-corrected chi connectivity index (χ2v) is 4.50. The number of benzene rings is 1. The van der Waals surface area contributed by atoms with Gasteiger partial charge in [-0.05, 0) is 25.1 Å². The smallest absolute Gasteiger partial charge is 0.224 e. The molecular formula is C13H20Cl2N2O. The van der Waals surface area contributed by atoms with Crippen molar-refractivity contribution in [3.63, 3.8) is 0 Å². The first kappa shape index (κ1) is 17.2. The van der Waals surface area contributed by atoms with Gasteiger partial charge in [-0.25, -0.2) is 0 Å². The molecule has 0 aliphatic rings. The van der Waals surface area contributed by atoms with Crippen molar-refractivity contribution in [3.8, 4) is 0 Å². The lowest BCUT2D eigenvalue weighted by atomic mass is 10.1. The van der Waals surface area contributed by atoms with Crippen LogP contribution in [0, 0.1) is 5.92 Å². The molecule has 0 bridgehead atoms. The van der Waals surface area contributed by atoms with Gasteiger partial charge in [0.05, 0.1) is 0 Å². The van der Waals surface area contributed by atoms with Crippen LogP contribution in [0.3, 0.4) is 0 Å². The number of hydrogen-bond donors (Lipinski definition) is 2. The predicted molar refractivity (Wildman–Crippen MR) is 78.5 cm³/mol. The van der Waals surface area contributed by atoms with E-state index in [0.29, 0.717) is 13.1 Å². The first-order chi connectivity index (χ1) is 8.15. The molecule has 5 heteroatoms. The predicted octanol–water partition coefficient (Wildman–Crippen LogP) is 2.28. The molecule has 1 unspecified atom stereocenters. The third-order valence-electron chi connectivity index (χ3n) is 2.61. The second-order valence-electron chi connectivity index (χ2n) is 4.09. The first-order valence-electron chi connectivity index (χ1n) is 5.81. The number of carbonyl (C=O) groups is 1. The number of amides is 1. The van der Waals surface area contributed by atoms with E-state index < -0.39 is 0 Å². The molecule has 0 fully saturated rings. The summed E-state index contributed by atoms with van der Waals surface area (Å²) in [4.78, 5) is 11.6. The van der Waals surface area contributed by atoms with Gasteiger partial charge in [-0.2, -0.15) is 0 Å². The fourth-order valence-electron chi connectivity index (χ4n) is 1.59. The van der Waals surface area contributed by atoms with Crippen molar-refractivity contribution in [1.29, 1.82) is 0 Å². The maximum atomic E-state index is 11.6. The Morgan fingerprint density at radius 2 is 2.06 bits per heavy atom. The van der Waals surface area contributed by atoms with Gasteiger partial charge in [0.15, 0.2) is 0 Å². The zero-order valence-electron chi connectivity index (χ0n) is 10.7. The molecule has 0 aromatic heterocycles. The molecular weight excluding hydrogens is 271 g/mol. The zero-order valence-corrected chi connectivity index (χ0v) is 12.3. The van der Waals surface area contributed by atoms with E-state index in [0.717, 1.165) is 17.0 Å². The Morgan fingerprint density at radius 3 is 2.67 bits per heavy atom. The molecule has 1 amide bonds. The first-order valence-corrected chi connectivity index (χ1v) is 6.18. The van der Waals surface area contributed by atoms with Crippen LogP contribution in [-0.2, 0) is 11.2 Å². The minimum atomic E-state index is -0.00811. The van der Waals surface area contributed by atoms with Crippen LogP contribution in [0.5, 0.6) is 0 Å². The number of rotatable bonds is 6. The highest BCUT2D eigenvalue weighted by molar-refractivity contribution is 6.31. The lowest BCUT2D eigenvalue weighted by Crippen LogP contribution is -2.35. The average molecular weight is 291 g/mol. The fraction of sp³-hybridized carbons (Fsp3) is 0.462. The highest BCUT2D eigenvalue weighted by Crippen LogP contribution is 2.14. The third kappa shape index (κ3) is 5.71. The lowest BCUT2D eigenvalue weighted by Gasteiger charge is -2.11. The monoisotopic (exact) mass is 290 g/mol. The fourth-order valence-corrected chi connectivity index (χ4v) is 1.82. The molecule has 1 aromatic rings. The Kier molecular flexibility index (Phi) is 8.81. The minimum absolute atomic E-state index is 0. The molecule has 1 atom stereocenters. The van der Waals surface area contributed by atoms with Crippen LogP contribution < -0.4 is 10.6 Å². The SMILES string of the molecule is CNCC(C)C(=O)NCCc1ccccc1Cl.Cl. The summed E-state index contributed by atoms with van der Waals surface area (Å²) < 4.78 is 0. The maximum Gasteiger partial charge on any atom is 0.224 e. The van der Waals surface area contributed by atoms with Gasteiger partial charge in [0.1, 0.15) is 0 Å². The highest BCUT2D eigenvalue weighted by Gasteiger charge is 2.10. The van der Waals surface area contributed by atoms with Crippen molar-refractivity contribution in [3.05, 3.63) is 34.9 Å². The van der Waals surface area contributed by atoms with Crippen molar-refractivity contribution in [2.24, 2.45) is 5.92 Å². The topological polar surface area (TPSA) is 41.1 Å². The van der Waals surface area contributed by atoms with Crippen molar-refractivity contribution < 1.29 is 4.79 Å². The van der Waals surface area contributed by atoms with Gasteiger partial charge in [-0.3, -0.25) is 4.79 Å². The van der Waals surface area contributed by atoms with Gasteiger partial charge in [0.2, 0.25) is 5.91 Å². The summed E-state index contributed by atoms with van der Waals surface area (Å²) in [5.41, 5.74) is 1.07. The van der Waals surface area contributed by atoms with Crippen LogP contribution in [0.25, 0.3) is 0 Å². The molecule has 0 radical (unpaired) electrons. The van der Waals surface area contributed by atoms with Crippen LogP contribution in [0.15, 0.2) is 24.3 Å². The van der Waals surface area contributed by atoms with Gasteiger partial charge < -0.3 is 10.6 Å². The third-order valence-corrected chi connectivity index (χ3v) is 2.98.